The highest BCUT2D eigenvalue weighted by atomic mass is 127. The van der Waals surface area contributed by atoms with E-state index < -0.39 is 0 Å². The van der Waals surface area contributed by atoms with E-state index in [4.69, 9.17) is 0 Å². The molecule has 12 heavy (non-hydrogen) atoms. The van der Waals surface area contributed by atoms with Crippen LogP contribution in [0.2, 0.25) is 0 Å². The predicted octanol–water partition coefficient (Wildman–Crippen LogP) is -2.14. The molecule has 0 aliphatic heterocycles. The molecule has 74 valence electrons. The zero-order valence-corrected chi connectivity index (χ0v) is 10.6. The summed E-state index contributed by atoms with van der Waals surface area (Å²) in [5.41, 5.74) is 0. The highest BCUT2D eigenvalue weighted by Gasteiger charge is 2.37. The van der Waals surface area contributed by atoms with Crippen molar-refractivity contribution >= 4 is 0 Å². The summed E-state index contributed by atoms with van der Waals surface area (Å²) in [7, 11) is 6.61. The van der Waals surface area contributed by atoms with Gasteiger partial charge in [-0.25, -0.2) is 0 Å². The predicted molar refractivity (Wildman–Crippen MR) is 46.2 cm³/mol. The molecule has 0 saturated heterocycles. The van der Waals surface area contributed by atoms with Crippen LogP contribution in [0.25, 0.3) is 0 Å². The van der Waals surface area contributed by atoms with Crippen molar-refractivity contribution in [2.75, 3.05) is 21.1 Å². The SMILES string of the molecule is CC1CC([N+](C)(C)C)C[C@H]1O.[I-]. The third-order valence-electron chi connectivity index (χ3n) is 2.91. The van der Waals surface area contributed by atoms with Gasteiger partial charge in [0.05, 0.1) is 33.3 Å². The maximum absolute atomic E-state index is 9.52. The van der Waals surface area contributed by atoms with Crippen molar-refractivity contribution in [3.8, 4) is 0 Å². The number of quaternary nitrogens is 1. The van der Waals surface area contributed by atoms with Crippen molar-refractivity contribution in [1.29, 1.82) is 0 Å². The van der Waals surface area contributed by atoms with Crippen LogP contribution in [0.4, 0.5) is 0 Å². The number of hydrogen-bond acceptors (Lipinski definition) is 1. The van der Waals surface area contributed by atoms with Gasteiger partial charge in [-0.3, -0.25) is 0 Å². The fourth-order valence-corrected chi connectivity index (χ4v) is 1.83. The first-order valence-corrected chi connectivity index (χ1v) is 4.40. The Hall–Kier alpha value is 0.650. The average Bonchev–Trinajstić information content (AvgIpc) is 2.11. The smallest absolute Gasteiger partial charge is 0.0912 e. The fourth-order valence-electron chi connectivity index (χ4n) is 1.83. The number of hydrogen-bond donors (Lipinski definition) is 1. The molecule has 0 radical (unpaired) electrons. The normalized spacial score (nSPS) is 36.2. The standard InChI is InChI=1S/C9H20NO.HI/c1-7-5-8(6-9(7)11)10(2,3)4;/h7-9,11H,5-6H2,1-4H3;1H/q+1;/p-1/t7?,8?,9-;/m1./s1. The zero-order valence-electron chi connectivity index (χ0n) is 8.42. The number of aliphatic hydroxyl groups excluding tert-OH is 1. The monoisotopic (exact) mass is 285 g/mol. The first-order chi connectivity index (χ1) is 4.91. The highest BCUT2D eigenvalue weighted by molar-refractivity contribution is 4.80. The quantitative estimate of drug-likeness (QED) is 0.430. The molecule has 0 amide bonds. The molecule has 1 fully saturated rings. The van der Waals surface area contributed by atoms with Crippen LogP contribution in [0.1, 0.15) is 19.8 Å². The molecule has 1 aliphatic carbocycles. The van der Waals surface area contributed by atoms with Crippen LogP contribution >= 0.6 is 0 Å². The molecule has 0 spiro atoms. The summed E-state index contributed by atoms with van der Waals surface area (Å²) in [5.74, 6) is 0.498. The summed E-state index contributed by atoms with van der Waals surface area (Å²) in [4.78, 5) is 0. The van der Waals surface area contributed by atoms with E-state index >= 15 is 0 Å². The molecular formula is C9H20INO. The Morgan fingerprint density at radius 1 is 1.17 bits per heavy atom. The molecule has 1 saturated carbocycles. The van der Waals surface area contributed by atoms with Gasteiger partial charge >= 0.3 is 0 Å². The van der Waals surface area contributed by atoms with Crippen molar-refractivity contribution in [2.24, 2.45) is 5.92 Å². The van der Waals surface area contributed by atoms with Crippen LogP contribution in [-0.2, 0) is 0 Å². The van der Waals surface area contributed by atoms with Crippen LogP contribution in [0, 0.1) is 5.92 Å². The van der Waals surface area contributed by atoms with Gasteiger partial charge in [0, 0.05) is 12.8 Å². The molecule has 0 aromatic heterocycles. The molecule has 0 aromatic rings. The lowest BCUT2D eigenvalue weighted by Crippen LogP contribution is -3.00. The molecule has 2 unspecified atom stereocenters. The summed E-state index contributed by atoms with van der Waals surface area (Å²) in [6.07, 6.45) is 2.09. The van der Waals surface area contributed by atoms with Gasteiger partial charge < -0.3 is 33.6 Å². The zero-order chi connectivity index (χ0) is 8.65. The molecule has 1 aliphatic rings. The van der Waals surface area contributed by atoms with Crippen molar-refractivity contribution in [2.45, 2.75) is 31.9 Å². The van der Waals surface area contributed by atoms with E-state index in [1.54, 1.807) is 0 Å². The Morgan fingerprint density at radius 2 is 1.67 bits per heavy atom. The lowest BCUT2D eigenvalue weighted by Gasteiger charge is -2.31. The van der Waals surface area contributed by atoms with Gasteiger partial charge in [0.1, 0.15) is 0 Å². The Bertz CT molecular complexity index is 134. The van der Waals surface area contributed by atoms with Gasteiger partial charge in [0.2, 0.25) is 0 Å². The van der Waals surface area contributed by atoms with Gasteiger partial charge in [0.25, 0.3) is 0 Å². The maximum atomic E-state index is 9.52. The van der Waals surface area contributed by atoms with Crippen LogP contribution in [0.3, 0.4) is 0 Å². The van der Waals surface area contributed by atoms with E-state index in [-0.39, 0.29) is 30.1 Å². The third-order valence-corrected chi connectivity index (χ3v) is 2.91. The van der Waals surface area contributed by atoms with E-state index in [9.17, 15) is 5.11 Å². The molecule has 0 bridgehead atoms. The second kappa shape index (κ2) is 4.24. The number of nitrogens with zero attached hydrogens (tertiary/aromatic N) is 1. The summed E-state index contributed by atoms with van der Waals surface area (Å²) in [6, 6.07) is 0.653. The van der Waals surface area contributed by atoms with Crippen molar-refractivity contribution in [3.63, 3.8) is 0 Å². The first-order valence-electron chi connectivity index (χ1n) is 4.40. The molecule has 2 nitrogen and oxygen atoms in total. The van der Waals surface area contributed by atoms with Crippen molar-refractivity contribution in [3.05, 3.63) is 0 Å². The summed E-state index contributed by atoms with van der Waals surface area (Å²) in [6.45, 7) is 2.14. The number of rotatable bonds is 1. The second-order valence-corrected chi connectivity index (χ2v) is 4.79. The van der Waals surface area contributed by atoms with E-state index in [0.717, 1.165) is 10.9 Å². The van der Waals surface area contributed by atoms with E-state index in [2.05, 4.69) is 28.1 Å². The maximum Gasteiger partial charge on any atom is 0.0912 e. The van der Waals surface area contributed by atoms with Crippen molar-refractivity contribution < 1.29 is 33.6 Å². The second-order valence-electron chi connectivity index (χ2n) is 4.79. The lowest BCUT2D eigenvalue weighted by molar-refractivity contribution is -0.895. The fraction of sp³-hybridized carbons (Fsp3) is 1.00. The average molecular weight is 285 g/mol. The Labute approximate surface area is 92.6 Å². The highest BCUT2D eigenvalue weighted by Crippen LogP contribution is 2.30. The molecule has 3 heteroatoms. The third kappa shape index (κ3) is 2.85. The van der Waals surface area contributed by atoms with Gasteiger partial charge in [0.15, 0.2) is 0 Å². The molecule has 3 atom stereocenters. The van der Waals surface area contributed by atoms with Gasteiger partial charge in [-0.1, -0.05) is 6.92 Å². The van der Waals surface area contributed by atoms with E-state index in [0.29, 0.717) is 12.0 Å². The minimum atomic E-state index is -0.0580. The van der Waals surface area contributed by atoms with Crippen LogP contribution in [0.5, 0.6) is 0 Å². The molecule has 0 heterocycles. The minimum Gasteiger partial charge on any atom is -1.00 e. The Balaban J connectivity index is 0.00000121. The molecular weight excluding hydrogens is 265 g/mol. The topological polar surface area (TPSA) is 20.2 Å². The summed E-state index contributed by atoms with van der Waals surface area (Å²) >= 11 is 0. The lowest BCUT2D eigenvalue weighted by atomic mass is 10.1. The van der Waals surface area contributed by atoms with Crippen LogP contribution in [-0.4, -0.2) is 42.9 Å². The summed E-state index contributed by atoms with van der Waals surface area (Å²) in [5, 5.41) is 9.52. The molecule has 1 N–H and O–H groups in total. The number of halogens is 1. The van der Waals surface area contributed by atoms with Gasteiger partial charge in [-0.2, -0.15) is 0 Å². The van der Waals surface area contributed by atoms with Crippen LogP contribution < -0.4 is 24.0 Å². The largest absolute Gasteiger partial charge is 1.00 e. The van der Waals surface area contributed by atoms with Gasteiger partial charge in [-0.15, -0.1) is 0 Å². The van der Waals surface area contributed by atoms with Gasteiger partial charge in [-0.05, 0) is 5.92 Å². The van der Waals surface area contributed by atoms with Crippen molar-refractivity contribution in [1.82, 2.24) is 0 Å². The molecule has 1 rings (SSSR count). The summed E-state index contributed by atoms with van der Waals surface area (Å²) < 4.78 is 0.988. The Kier molecular flexibility index (Phi) is 4.47. The van der Waals surface area contributed by atoms with Crippen LogP contribution in [0.15, 0.2) is 0 Å². The minimum absolute atomic E-state index is 0. The molecule has 0 aromatic carbocycles. The first kappa shape index (κ1) is 12.7. The Morgan fingerprint density at radius 3 is 1.83 bits per heavy atom. The number of aliphatic hydroxyl groups is 1. The van der Waals surface area contributed by atoms with E-state index in [1.807, 2.05) is 0 Å². The van der Waals surface area contributed by atoms with E-state index in [1.165, 1.54) is 6.42 Å².